The number of hydrogen-bond donors (Lipinski definition) is 1. The summed E-state index contributed by atoms with van der Waals surface area (Å²) in [5, 5.41) is 3.72. The van der Waals surface area contributed by atoms with Gasteiger partial charge >= 0.3 is 0 Å². The van der Waals surface area contributed by atoms with Crippen molar-refractivity contribution in [1.82, 2.24) is 0 Å². The lowest BCUT2D eigenvalue weighted by Crippen LogP contribution is -2.11. The first kappa shape index (κ1) is 14.9. The molecule has 22 heavy (non-hydrogen) atoms. The average molecular weight is 291 g/mol. The fraction of sp³-hybridized carbons (Fsp3) is 0.333. The number of para-hydroxylation sites is 1. The van der Waals surface area contributed by atoms with Crippen LogP contribution < -0.4 is 5.32 Å². The predicted octanol–water partition coefficient (Wildman–Crippen LogP) is 5.95. The fourth-order valence-corrected chi connectivity index (χ4v) is 3.16. The molecule has 2 aromatic rings. The first-order valence-electron chi connectivity index (χ1n) is 8.42. The third-order valence-electron chi connectivity index (χ3n) is 4.48. The third kappa shape index (κ3) is 3.09. The van der Waals surface area contributed by atoms with Crippen LogP contribution in [-0.4, -0.2) is 0 Å². The Kier molecular flexibility index (Phi) is 4.62. The van der Waals surface area contributed by atoms with Crippen molar-refractivity contribution >= 4 is 11.4 Å². The van der Waals surface area contributed by atoms with Crippen molar-refractivity contribution in [2.75, 3.05) is 5.32 Å². The van der Waals surface area contributed by atoms with Crippen LogP contribution in [0.5, 0.6) is 0 Å². The van der Waals surface area contributed by atoms with Gasteiger partial charge < -0.3 is 5.32 Å². The second kappa shape index (κ2) is 6.83. The molecule has 0 aliphatic heterocycles. The van der Waals surface area contributed by atoms with Crippen molar-refractivity contribution in [3.8, 4) is 0 Å². The van der Waals surface area contributed by atoms with E-state index < -0.39 is 0 Å². The molecule has 1 N–H and O–H groups in total. The van der Waals surface area contributed by atoms with Crippen molar-refractivity contribution in [3.63, 3.8) is 0 Å². The molecule has 1 saturated carbocycles. The zero-order valence-electron chi connectivity index (χ0n) is 13.7. The molecule has 0 radical (unpaired) electrons. The highest BCUT2D eigenvalue weighted by Gasteiger charge is 2.19. The molecule has 2 aromatic carbocycles. The van der Waals surface area contributed by atoms with E-state index in [9.17, 15) is 0 Å². The minimum atomic E-state index is 1.14. The van der Waals surface area contributed by atoms with Gasteiger partial charge in [-0.3, -0.25) is 0 Å². The summed E-state index contributed by atoms with van der Waals surface area (Å²) in [5.74, 6) is 0. The van der Waals surface area contributed by atoms with Crippen molar-refractivity contribution in [3.05, 3.63) is 70.8 Å². The van der Waals surface area contributed by atoms with E-state index in [1.54, 1.807) is 5.57 Å². The lowest BCUT2D eigenvalue weighted by molar-refractivity contribution is 0.665. The topological polar surface area (TPSA) is 12.0 Å². The quantitative estimate of drug-likeness (QED) is 0.717. The Hall–Kier alpha value is -2.02. The molecule has 1 fully saturated rings. The third-order valence-corrected chi connectivity index (χ3v) is 4.48. The summed E-state index contributed by atoms with van der Waals surface area (Å²) in [6, 6.07) is 17.3. The standard InChI is InChI=1S/C21H25N/c1-3-9-17-11-7-10-16(2)20(17)21(18-12-8-13-18)22-19-14-5-4-6-15-19/h4-7,10-11,14-15,22H,3,8-9,12-13H2,1-2H3. The maximum atomic E-state index is 3.72. The van der Waals surface area contributed by atoms with E-state index >= 15 is 0 Å². The van der Waals surface area contributed by atoms with Crippen LogP contribution in [0.4, 0.5) is 5.69 Å². The van der Waals surface area contributed by atoms with Gasteiger partial charge in [-0.1, -0.05) is 49.7 Å². The van der Waals surface area contributed by atoms with Crippen LogP contribution in [0, 0.1) is 6.92 Å². The van der Waals surface area contributed by atoms with Gasteiger partial charge in [-0.15, -0.1) is 0 Å². The van der Waals surface area contributed by atoms with Crippen molar-refractivity contribution in [2.24, 2.45) is 0 Å². The number of nitrogens with one attached hydrogen (secondary N) is 1. The van der Waals surface area contributed by atoms with Crippen molar-refractivity contribution in [1.29, 1.82) is 0 Å². The molecule has 0 atom stereocenters. The number of hydrogen-bond acceptors (Lipinski definition) is 1. The van der Waals surface area contributed by atoms with Crippen LogP contribution in [-0.2, 0) is 6.42 Å². The minimum absolute atomic E-state index is 1.14. The van der Waals surface area contributed by atoms with E-state index in [-0.39, 0.29) is 0 Å². The van der Waals surface area contributed by atoms with Crippen molar-refractivity contribution < 1.29 is 0 Å². The molecule has 0 heterocycles. The van der Waals surface area contributed by atoms with E-state index in [0.717, 1.165) is 6.42 Å². The van der Waals surface area contributed by atoms with Gasteiger partial charge in [-0.25, -0.2) is 0 Å². The Balaban J connectivity index is 2.04. The summed E-state index contributed by atoms with van der Waals surface area (Å²) < 4.78 is 0. The van der Waals surface area contributed by atoms with Gasteiger partial charge in [0, 0.05) is 16.9 Å². The summed E-state index contributed by atoms with van der Waals surface area (Å²) >= 11 is 0. The zero-order chi connectivity index (χ0) is 15.4. The van der Waals surface area contributed by atoms with Crippen LogP contribution in [0.1, 0.15) is 49.3 Å². The molecule has 0 spiro atoms. The maximum absolute atomic E-state index is 3.72. The first-order valence-corrected chi connectivity index (χ1v) is 8.42. The van der Waals surface area contributed by atoms with Gasteiger partial charge in [0.15, 0.2) is 0 Å². The van der Waals surface area contributed by atoms with Crippen LogP contribution >= 0.6 is 0 Å². The van der Waals surface area contributed by atoms with Crippen LogP contribution in [0.2, 0.25) is 0 Å². The Bertz CT molecular complexity index is 662. The number of anilines is 1. The molecule has 1 aliphatic rings. The smallest absolute Gasteiger partial charge is 0.0455 e. The van der Waals surface area contributed by atoms with Gasteiger partial charge in [0.05, 0.1) is 0 Å². The molecule has 1 aliphatic carbocycles. The largest absolute Gasteiger partial charge is 0.355 e. The van der Waals surface area contributed by atoms with E-state index in [2.05, 4.69) is 67.7 Å². The Morgan fingerprint density at radius 1 is 1.00 bits per heavy atom. The molecule has 3 rings (SSSR count). The predicted molar refractivity (Wildman–Crippen MR) is 96.0 cm³/mol. The molecule has 1 nitrogen and oxygen atoms in total. The van der Waals surface area contributed by atoms with Gasteiger partial charge in [-0.05, 0) is 61.4 Å². The van der Waals surface area contributed by atoms with E-state index in [0.29, 0.717) is 0 Å². The Morgan fingerprint density at radius 3 is 2.41 bits per heavy atom. The summed E-state index contributed by atoms with van der Waals surface area (Å²) in [6.07, 6.45) is 6.11. The molecule has 0 aromatic heterocycles. The lowest BCUT2D eigenvalue weighted by Gasteiger charge is -2.26. The molecular weight excluding hydrogens is 266 g/mol. The maximum Gasteiger partial charge on any atom is 0.0455 e. The highest BCUT2D eigenvalue weighted by Crippen LogP contribution is 2.36. The minimum Gasteiger partial charge on any atom is -0.355 e. The average Bonchev–Trinajstić information content (AvgIpc) is 2.46. The molecular formula is C21H25N. The molecule has 0 bridgehead atoms. The normalized spacial score (nSPS) is 13.6. The lowest BCUT2D eigenvalue weighted by atomic mass is 9.85. The van der Waals surface area contributed by atoms with Crippen LogP contribution in [0.25, 0.3) is 5.70 Å². The summed E-state index contributed by atoms with van der Waals surface area (Å²) in [7, 11) is 0. The second-order valence-corrected chi connectivity index (χ2v) is 6.18. The Labute approximate surface area is 134 Å². The van der Waals surface area contributed by atoms with E-state index in [4.69, 9.17) is 0 Å². The van der Waals surface area contributed by atoms with Gasteiger partial charge in [0.1, 0.15) is 0 Å². The van der Waals surface area contributed by atoms with E-state index in [1.807, 2.05) is 0 Å². The monoisotopic (exact) mass is 291 g/mol. The molecule has 0 amide bonds. The second-order valence-electron chi connectivity index (χ2n) is 6.18. The number of benzene rings is 2. The van der Waals surface area contributed by atoms with E-state index in [1.165, 1.54) is 53.8 Å². The first-order chi connectivity index (χ1) is 10.8. The number of allylic oxidation sites excluding steroid dienone is 1. The zero-order valence-corrected chi connectivity index (χ0v) is 13.7. The van der Waals surface area contributed by atoms with Gasteiger partial charge in [0.2, 0.25) is 0 Å². The molecule has 114 valence electrons. The summed E-state index contributed by atoms with van der Waals surface area (Å²) in [6.45, 7) is 4.49. The number of rotatable bonds is 5. The molecule has 0 unspecified atom stereocenters. The SMILES string of the molecule is CCCc1cccc(C)c1C(Nc1ccccc1)=C1CCC1. The highest BCUT2D eigenvalue weighted by atomic mass is 14.9. The molecule has 1 heteroatoms. The number of aryl methyl sites for hydroxylation is 2. The summed E-state index contributed by atoms with van der Waals surface area (Å²) in [4.78, 5) is 0. The highest BCUT2D eigenvalue weighted by molar-refractivity contribution is 5.82. The Morgan fingerprint density at radius 2 is 1.77 bits per heavy atom. The van der Waals surface area contributed by atoms with Gasteiger partial charge in [-0.2, -0.15) is 0 Å². The van der Waals surface area contributed by atoms with Gasteiger partial charge in [0.25, 0.3) is 0 Å². The van der Waals surface area contributed by atoms with Crippen LogP contribution in [0.15, 0.2) is 54.1 Å². The fourth-order valence-electron chi connectivity index (χ4n) is 3.16. The molecule has 0 saturated heterocycles. The summed E-state index contributed by atoms with van der Waals surface area (Å²) in [5.41, 5.74) is 8.41. The van der Waals surface area contributed by atoms with Crippen molar-refractivity contribution in [2.45, 2.75) is 46.0 Å². The van der Waals surface area contributed by atoms with Crippen LogP contribution in [0.3, 0.4) is 0 Å².